The van der Waals surface area contributed by atoms with Gasteiger partial charge >= 0.3 is 0 Å². The minimum atomic E-state index is 0.592. The first-order chi connectivity index (χ1) is 10.6. The van der Waals surface area contributed by atoms with Crippen LogP contribution in [0.2, 0.25) is 0 Å². The lowest BCUT2D eigenvalue weighted by molar-refractivity contribution is -0.0606. The maximum absolute atomic E-state index is 2.43. The van der Waals surface area contributed by atoms with Crippen molar-refractivity contribution < 1.29 is 0 Å². The summed E-state index contributed by atoms with van der Waals surface area (Å²) in [6.07, 6.45) is 12.1. The van der Waals surface area contributed by atoms with Gasteiger partial charge in [-0.15, -0.1) is 0 Å². The van der Waals surface area contributed by atoms with E-state index in [9.17, 15) is 0 Å². The van der Waals surface area contributed by atoms with E-state index in [0.29, 0.717) is 6.04 Å². The Kier molecular flexibility index (Phi) is 3.80. The van der Waals surface area contributed by atoms with Crippen LogP contribution in [0.4, 0.5) is 0 Å². The highest BCUT2D eigenvalue weighted by Gasteiger charge is 2.50. The van der Waals surface area contributed by atoms with Crippen LogP contribution in [0, 0.1) is 23.2 Å². The van der Waals surface area contributed by atoms with E-state index in [2.05, 4.69) is 49.3 Å². The van der Waals surface area contributed by atoms with E-state index in [1.165, 1.54) is 18.4 Å². The van der Waals surface area contributed by atoms with Gasteiger partial charge in [0.2, 0.25) is 0 Å². The molecule has 5 rings (SSSR count). The topological polar surface area (TPSA) is 3.24 Å². The molecule has 0 saturated heterocycles. The molecule has 0 aliphatic heterocycles. The van der Waals surface area contributed by atoms with Crippen molar-refractivity contribution >= 4 is 0 Å². The molecular weight excluding hydrogens is 266 g/mol. The molecule has 4 saturated carbocycles. The normalized spacial score (nSPS) is 37.7. The van der Waals surface area contributed by atoms with Crippen LogP contribution in [-0.4, -0.2) is 19.0 Å². The van der Waals surface area contributed by atoms with E-state index in [1.54, 1.807) is 38.5 Å². The molecule has 4 fully saturated rings. The smallest absolute Gasteiger partial charge is 0.0342 e. The highest BCUT2D eigenvalue weighted by Crippen LogP contribution is 2.62. The molecule has 22 heavy (non-hydrogen) atoms. The van der Waals surface area contributed by atoms with Crippen molar-refractivity contribution in [2.45, 2.75) is 57.4 Å². The molecule has 0 heterocycles. The summed E-state index contributed by atoms with van der Waals surface area (Å²) >= 11 is 0. The molecule has 4 bridgehead atoms. The summed E-state index contributed by atoms with van der Waals surface area (Å²) in [4.78, 5) is 2.43. The number of benzene rings is 1. The van der Waals surface area contributed by atoms with Crippen molar-refractivity contribution in [1.82, 2.24) is 4.90 Å². The molecule has 1 heteroatoms. The van der Waals surface area contributed by atoms with Gasteiger partial charge in [-0.05, 0) is 94.2 Å². The third kappa shape index (κ3) is 2.73. The lowest BCUT2D eigenvalue weighted by Crippen LogP contribution is -2.46. The summed E-state index contributed by atoms with van der Waals surface area (Å²) < 4.78 is 0. The van der Waals surface area contributed by atoms with Gasteiger partial charge < -0.3 is 4.90 Å². The number of rotatable bonds is 5. The predicted molar refractivity (Wildman–Crippen MR) is 92.7 cm³/mol. The summed E-state index contributed by atoms with van der Waals surface area (Å²) in [5.41, 5.74) is 2.22. The van der Waals surface area contributed by atoms with E-state index in [0.717, 1.165) is 23.2 Å². The molecule has 0 aromatic heterocycles. The molecule has 1 nitrogen and oxygen atoms in total. The van der Waals surface area contributed by atoms with Crippen molar-refractivity contribution in [2.75, 3.05) is 14.1 Å². The van der Waals surface area contributed by atoms with Crippen LogP contribution < -0.4 is 0 Å². The second-order valence-electron chi connectivity index (χ2n) is 8.85. The first-order valence-electron chi connectivity index (χ1n) is 9.35. The number of hydrogen-bond donors (Lipinski definition) is 0. The van der Waals surface area contributed by atoms with Crippen LogP contribution in [0.25, 0.3) is 0 Å². The fraction of sp³-hybridized carbons (Fsp3) is 0.714. The van der Waals surface area contributed by atoms with Crippen LogP contribution >= 0.6 is 0 Å². The molecule has 4 aliphatic carbocycles. The van der Waals surface area contributed by atoms with Gasteiger partial charge in [0.25, 0.3) is 0 Å². The average molecular weight is 297 g/mol. The standard InChI is InChI=1S/C21H31N/c1-22(2)20(19-6-4-3-5-7-19)8-9-21-13-16-10-17(14-21)12-18(11-16)15-21/h3-7,16-18,20H,8-15H2,1-2H3. The third-order valence-corrected chi connectivity index (χ3v) is 6.92. The molecule has 1 atom stereocenters. The average Bonchev–Trinajstić information content (AvgIpc) is 2.46. The fourth-order valence-electron chi connectivity index (χ4n) is 6.44. The Morgan fingerprint density at radius 3 is 2.00 bits per heavy atom. The van der Waals surface area contributed by atoms with Gasteiger partial charge in [0.05, 0.1) is 0 Å². The summed E-state index contributed by atoms with van der Waals surface area (Å²) in [7, 11) is 4.49. The van der Waals surface area contributed by atoms with Crippen LogP contribution in [-0.2, 0) is 0 Å². The van der Waals surface area contributed by atoms with Crippen molar-refractivity contribution in [3.05, 3.63) is 35.9 Å². The molecule has 0 radical (unpaired) electrons. The summed E-state index contributed by atoms with van der Waals surface area (Å²) in [5, 5.41) is 0. The lowest BCUT2D eigenvalue weighted by atomic mass is 9.48. The molecule has 4 aliphatic rings. The maximum Gasteiger partial charge on any atom is 0.0342 e. The van der Waals surface area contributed by atoms with E-state index in [1.807, 2.05) is 0 Å². The zero-order valence-corrected chi connectivity index (χ0v) is 14.3. The van der Waals surface area contributed by atoms with Gasteiger partial charge in [0.15, 0.2) is 0 Å². The minimum Gasteiger partial charge on any atom is -0.302 e. The second kappa shape index (κ2) is 5.67. The number of hydrogen-bond acceptors (Lipinski definition) is 1. The van der Waals surface area contributed by atoms with Gasteiger partial charge in [-0.2, -0.15) is 0 Å². The summed E-state index contributed by atoms with van der Waals surface area (Å²) in [6, 6.07) is 11.7. The van der Waals surface area contributed by atoms with Crippen LogP contribution in [0.5, 0.6) is 0 Å². The molecule has 0 spiro atoms. The largest absolute Gasteiger partial charge is 0.302 e. The van der Waals surface area contributed by atoms with Gasteiger partial charge in [0, 0.05) is 6.04 Å². The number of nitrogens with zero attached hydrogens (tertiary/aromatic N) is 1. The zero-order chi connectivity index (χ0) is 15.2. The van der Waals surface area contributed by atoms with Gasteiger partial charge in [-0.3, -0.25) is 0 Å². The highest BCUT2D eigenvalue weighted by atomic mass is 15.1. The van der Waals surface area contributed by atoms with Crippen LogP contribution in [0.1, 0.15) is 63.0 Å². The quantitative estimate of drug-likeness (QED) is 0.714. The summed E-state index contributed by atoms with van der Waals surface area (Å²) in [6.45, 7) is 0. The lowest BCUT2D eigenvalue weighted by Gasteiger charge is -2.57. The minimum absolute atomic E-state index is 0.592. The first kappa shape index (κ1) is 14.8. The Morgan fingerprint density at radius 1 is 0.955 bits per heavy atom. The monoisotopic (exact) mass is 297 g/mol. The fourth-order valence-corrected chi connectivity index (χ4v) is 6.44. The van der Waals surface area contributed by atoms with Crippen molar-refractivity contribution in [3.8, 4) is 0 Å². The van der Waals surface area contributed by atoms with Crippen molar-refractivity contribution in [3.63, 3.8) is 0 Å². The van der Waals surface area contributed by atoms with Gasteiger partial charge in [0.1, 0.15) is 0 Å². The Morgan fingerprint density at radius 2 is 1.50 bits per heavy atom. The van der Waals surface area contributed by atoms with Crippen molar-refractivity contribution in [2.24, 2.45) is 23.2 Å². The highest BCUT2D eigenvalue weighted by molar-refractivity contribution is 5.19. The molecular formula is C21H31N. The SMILES string of the molecule is CN(C)C(CCC12CC3CC(CC(C3)C1)C2)c1ccccc1. The Balaban J connectivity index is 1.47. The van der Waals surface area contributed by atoms with E-state index >= 15 is 0 Å². The molecule has 0 amide bonds. The Labute approximate surface area is 136 Å². The van der Waals surface area contributed by atoms with Crippen LogP contribution in [0.15, 0.2) is 30.3 Å². The molecule has 1 aromatic carbocycles. The van der Waals surface area contributed by atoms with Crippen LogP contribution in [0.3, 0.4) is 0 Å². The van der Waals surface area contributed by atoms with Gasteiger partial charge in [-0.25, -0.2) is 0 Å². The third-order valence-electron chi connectivity index (χ3n) is 6.92. The van der Waals surface area contributed by atoms with E-state index in [4.69, 9.17) is 0 Å². The predicted octanol–water partition coefficient (Wildman–Crippen LogP) is 5.29. The zero-order valence-electron chi connectivity index (χ0n) is 14.3. The Bertz CT molecular complexity index is 469. The van der Waals surface area contributed by atoms with E-state index in [-0.39, 0.29) is 0 Å². The molecule has 1 aromatic rings. The molecule has 1 unspecified atom stereocenters. The van der Waals surface area contributed by atoms with E-state index < -0.39 is 0 Å². The van der Waals surface area contributed by atoms with Gasteiger partial charge in [-0.1, -0.05) is 30.3 Å². The first-order valence-corrected chi connectivity index (χ1v) is 9.35. The molecule has 0 N–H and O–H groups in total. The second-order valence-corrected chi connectivity index (χ2v) is 8.85. The van der Waals surface area contributed by atoms with Crippen molar-refractivity contribution in [1.29, 1.82) is 0 Å². The summed E-state index contributed by atoms with van der Waals surface area (Å²) in [5.74, 6) is 3.25. The molecule has 120 valence electrons. The maximum atomic E-state index is 2.43. The Hall–Kier alpha value is -0.820.